The topological polar surface area (TPSA) is 50.6 Å². The van der Waals surface area contributed by atoms with E-state index in [1.807, 2.05) is 24.0 Å². The summed E-state index contributed by atoms with van der Waals surface area (Å²) in [6, 6.07) is 8.65. The molecule has 0 bridgehead atoms. The smallest absolute Gasteiger partial charge is 0.409 e. The van der Waals surface area contributed by atoms with Gasteiger partial charge < -0.3 is 14.2 Å². The van der Waals surface area contributed by atoms with E-state index in [1.165, 1.54) is 5.56 Å². The molecule has 1 aromatic heterocycles. The molecule has 3 rings (SSSR count). The molecule has 25 heavy (non-hydrogen) atoms. The van der Waals surface area contributed by atoms with Crippen LogP contribution in [0.2, 0.25) is 0 Å². The molecule has 0 N–H and O–H groups in total. The van der Waals surface area contributed by atoms with Crippen molar-refractivity contribution in [2.45, 2.75) is 19.8 Å². The number of imidazole rings is 1. The molecule has 1 aromatic carbocycles. The molecule has 0 spiro atoms. The monoisotopic (exact) mass is 342 g/mol. The molecule has 0 atom stereocenters. The van der Waals surface area contributed by atoms with E-state index in [1.54, 1.807) is 11.1 Å². The minimum atomic E-state index is -0.180. The van der Waals surface area contributed by atoms with Crippen LogP contribution in [0.3, 0.4) is 0 Å². The Morgan fingerprint density at radius 1 is 1.16 bits per heavy atom. The number of amides is 1. The van der Waals surface area contributed by atoms with Crippen LogP contribution in [0.1, 0.15) is 18.9 Å². The lowest BCUT2D eigenvalue weighted by Crippen LogP contribution is -2.49. The largest absolute Gasteiger partial charge is 0.450 e. The third kappa shape index (κ3) is 4.82. The Labute approximate surface area is 149 Å². The van der Waals surface area contributed by atoms with Crippen LogP contribution >= 0.6 is 0 Å². The second-order valence-electron chi connectivity index (χ2n) is 6.27. The Morgan fingerprint density at radius 2 is 1.92 bits per heavy atom. The number of hydrogen-bond donors (Lipinski definition) is 0. The van der Waals surface area contributed by atoms with Gasteiger partial charge in [-0.05, 0) is 44.0 Å². The summed E-state index contributed by atoms with van der Waals surface area (Å²) in [5, 5.41) is 0. The van der Waals surface area contributed by atoms with E-state index in [0.717, 1.165) is 51.3 Å². The quantitative estimate of drug-likeness (QED) is 0.810. The third-order valence-corrected chi connectivity index (χ3v) is 4.58. The Kier molecular flexibility index (Phi) is 6.06. The number of aryl methyl sites for hydroxylation is 1. The van der Waals surface area contributed by atoms with Crippen molar-refractivity contribution in [2.24, 2.45) is 0 Å². The number of carbonyl (C=O) groups is 1. The third-order valence-electron chi connectivity index (χ3n) is 4.58. The molecule has 1 saturated heterocycles. The van der Waals surface area contributed by atoms with Crippen molar-refractivity contribution in [1.29, 1.82) is 0 Å². The molecule has 0 saturated carbocycles. The Balaban J connectivity index is 1.38. The Bertz CT molecular complexity index is 647. The molecule has 6 heteroatoms. The lowest BCUT2D eigenvalue weighted by Gasteiger charge is -2.34. The van der Waals surface area contributed by atoms with Gasteiger partial charge in [0, 0.05) is 44.3 Å². The van der Waals surface area contributed by atoms with Gasteiger partial charge in [0.05, 0.1) is 12.9 Å². The van der Waals surface area contributed by atoms with Gasteiger partial charge in [0.2, 0.25) is 0 Å². The molecule has 1 fully saturated rings. The molecule has 1 aliphatic heterocycles. The van der Waals surface area contributed by atoms with Crippen molar-refractivity contribution < 1.29 is 9.53 Å². The van der Waals surface area contributed by atoms with Crippen LogP contribution in [-0.4, -0.2) is 64.8 Å². The van der Waals surface area contributed by atoms with Gasteiger partial charge >= 0.3 is 6.09 Å². The summed E-state index contributed by atoms with van der Waals surface area (Å²) < 4.78 is 7.06. The number of ether oxygens (including phenoxy) is 1. The molecule has 134 valence electrons. The minimum Gasteiger partial charge on any atom is -0.450 e. The Morgan fingerprint density at radius 3 is 2.56 bits per heavy atom. The number of piperazine rings is 1. The first-order valence-electron chi connectivity index (χ1n) is 8.97. The van der Waals surface area contributed by atoms with Crippen LogP contribution in [-0.2, 0) is 11.2 Å². The molecule has 0 radical (unpaired) electrons. The van der Waals surface area contributed by atoms with E-state index in [0.29, 0.717) is 6.61 Å². The fourth-order valence-electron chi connectivity index (χ4n) is 3.12. The first-order chi connectivity index (χ1) is 12.3. The second-order valence-corrected chi connectivity index (χ2v) is 6.27. The zero-order valence-corrected chi connectivity index (χ0v) is 14.8. The number of rotatable bonds is 6. The second kappa shape index (κ2) is 8.67. The van der Waals surface area contributed by atoms with Gasteiger partial charge in [-0.15, -0.1) is 0 Å². The van der Waals surface area contributed by atoms with Crippen LogP contribution in [0.4, 0.5) is 4.79 Å². The van der Waals surface area contributed by atoms with Crippen LogP contribution in [0, 0.1) is 0 Å². The predicted molar refractivity (Wildman–Crippen MR) is 96.9 cm³/mol. The lowest BCUT2D eigenvalue weighted by atomic mass is 10.1. The minimum absolute atomic E-state index is 0.180. The fraction of sp³-hybridized carbons (Fsp3) is 0.474. The highest BCUT2D eigenvalue weighted by molar-refractivity contribution is 5.67. The van der Waals surface area contributed by atoms with Crippen molar-refractivity contribution in [1.82, 2.24) is 19.4 Å². The Hall–Kier alpha value is -2.34. The van der Waals surface area contributed by atoms with Gasteiger partial charge in [-0.2, -0.15) is 0 Å². The van der Waals surface area contributed by atoms with Crippen LogP contribution in [0.25, 0.3) is 5.69 Å². The summed E-state index contributed by atoms with van der Waals surface area (Å²) in [5.74, 6) is 0. The number of benzene rings is 1. The van der Waals surface area contributed by atoms with Crippen molar-refractivity contribution >= 4 is 6.09 Å². The van der Waals surface area contributed by atoms with Crippen molar-refractivity contribution in [3.8, 4) is 5.69 Å². The SMILES string of the molecule is CCOC(=O)N1CCN(CCCc2ccc(-n3ccnc3)cc2)CC1. The average Bonchev–Trinajstić information content (AvgIpc) is 3.18. The van der Waals surface area contributed by atoms with Gasteiger partial charge in [0.25, 0.3) is 0 Å². The highest BCUT2D eigenvalue weighted by atomic mass is 16.6. The standard InChI is InChI=1S/C19H26N4O2/c1-2-25-19(24)22-14-12-21(13-15-22)10-3-4-17-5-7-18(8-6-17)23-11-9-20-16-23/h5-9,11,16H,2-4,10,12-15H2,1H3. The predicted octanol–water partition coefficient (Wildman–Crippen LogP) is 2.58. The highest BCUT2D eigenvalue weighted by Crippen LogP contribution is 2.12. The van der Waals surface area contributed by atoms with Crippen molar-refractivity contribution in [3.05, 3.63) is 48.5 Å². The number of nitrogens with zero attached hydrogens (tertiary/aromatic N) is 4. The summed E-state index contributed by atoms with van der Waals surface area (Å²) in [7, 11) is 0. The van der Waals surface area contributed by atoms with Crippen LogP contribution in [0.5, 0.6) is 0 Å². The lowest BCUT2D eigenvalue weighted by molar-refractivity contribution is 0.0794. The van der Waals surface area contributed by atoms with Crippen LogP contribution in [0.15, 0.2) is 43.0 Å². The van der Waals surface area contributed by atoms with Gasteiger partial charge in [-0.25, -0.2) is 9.78 Å². The highest BCUT2D eigenvalue weighted by Gasteiger charge is 2.21. The summed E-state index contributed by atoms with van der Waals surface area (Å²) in [4.78, 5) is 20.0. The molecular formula is C19H26N4O2. The maximum Gasteiger partial charge on any atom is 0.409 e. The molecule has 1 amide bonds. The fourth-order valence-corrected chi connectivity index (χ4v) is 3.12. The van der Waals surface area contributed by atoms with E-state index >= 15 is 0 Å². The molecule has 0 aliphatic carbocycles. The van der Waals surface area contributed by atoms with Crippen LogP contribution < -0.4 is 0 Å². The normalized spacial score (nSPS) is 15.3. The average molecular weight is 342 g/mol. The number of hydrogen-bond acceptors (Lipinski definition) is 4. The summed E-state index contributed by atoms with van der Waals surface area (Å²) in [5.41, 5.74) is 2.49. The van der Waals surface area contributed by atoms with Gasteiger partial charge in [0.1, 0.15) is 0 Å². The van der Waals surface area contributed by atoms with Gasteiger partial charge in [-0.1, -0.05) is 12.1 Å². The first-order valence-corrected chi connectivity index (χ1v) is 8.97. The maximum absolute atomic E-state index is 11.7. The van der Waals surface area contributed by atoms with Gasteiger partial charge in [0.15, 0.2) is 0 Å². The van der Waals surface area contributed by atoms with E-state index < -0.39 is 0 Å². The van der Waals surface area contributed by atoms with E-state index in [-0.39, 0.29) is 6.09 Å². The number of aromatic nitrogens is 2. The zero-order valence-electron chi connectivity index (χ0n) is 14.8. The summed E-state index contributed by atoms with van der Waals surface area (Å²) in [6.07, 6.45) is 7.57. The summed E-state index contributed by atoms with van der Waals surface area (Å²) in [6.45, 7) is 6.74. The van der Waals surface area contributed by atoms with Gasteiger partial charge in [-0.3, -0.25) is 4.90 Å². The maximum atomic E-state index is 11.7. The summed E-state index contributed by atoms with van der Waals surface area (Å²) >= 11 is 0. The molecular weight excluding hydrogens is 316 g/mol. The zero-order chi connectivity index (χ0) is 17.5. The molecule has 6 nitrogen and oxygen atoms in total. The van der Waals surface area contributed by atoms with E-state index in [2.05, 4.69) is 34.1 Å². The van der Waals surface area contributed by atoms with Crippen molar-refractivity contribution in [3.63, 3.8) is 0 Å². The molecule has 0 unspecified atom stereocenters. The number of carbonyl (C=O) groups excluding carboxylic acids is 1. The molecule has 2 heterocycles. The molecule has 1 aliphatic rings. The first kappa shape index (κ1) is 17.5. The van der Waals surface area contributed by atoms with E-state index in [9.17, 15) is 4.79 Å². The molecule has 2 aromatic rings. The van der Waals surface area contributed by atoms with E-state index in [4.69, 9.17) is 4.74 Å². The van der Waals surface area contributed by atoms with Crippen molar-refractivity contribution in [2.75, 3.05) is 39.3 Å².